The van der Waals surface area contributed by atoms with E-state index in [2.05, 4.69) is 26.1 Å². The van der Waals surface area contributed by atoms with Crippen molar-refractivity contribution in [3.05, 3.63) is 0 Å². The van der Waals surface area contributed by atoms with Gasteiger partial charge in [-0.05, 0) is 37.6 Å². The van der Waals surface area contributed by atoms with Crippen molar-refractivity contribution in [2.24, 2.45) is 11.8 Å². The first kappa shape index (κ1) is 16.0. The second-order valence-corrected chi connectivity index (χ2v) is 6.31. The van der Waals surface area contributed by atoms with Gasteiger partial charge in [-0.2, -0.15) is 0 Å². The monoisotopic (exact) mass is 253 g/mol. The van der Waals surface area contributed by atoms with Crippen molar-refractivity contribution in [3.8, 4) is 0 Å². The van der Waals surface area contributed by atoms with E-state index in [1.807, 2.05) is 0 Å². The molecule has 1 N–H and O–H groups in total. The van der Waals surface area contributed by atoms with Crippen LogP contribution in [0.25, 0.3) is 0 Å². The molecule has 0 saturated heterocycles. The van der Waals surface area contributed by atoms with Gasteiger partial charge in [0.05, 0.1) is 0 Å². The zero-order chi connectivity index (χ0) is 13.2. The first-order valence-corrected chi connectivity index (χ1v) is 8.53. The van der Waals surface area contributed by atoms with Crippen LogP contribution in [0.4, 0.5) is 0 Å². The Morgan fingerprint density at radius 3 is 2.22 bits per heavy atom. The summed E-state index contributed by atoms with van der Waals surface area (Å²) in [6.45, 7) is 8.19. The summed E-state index contributed by atoms with van der Waals surface area (Å²) in [5, 5.41) is 3.82. The summed E-state index contributed by atoms with van der Waals surface area (Å²) in [5.74, 6) is 1.95. The third-order valence-corrected chi connectivity index (χ3v) is 4.80. The summed E-state index contributed by atoms with van der Waals surface area (Å²) in [4.78, 5) is 0. The molecule has 1 atom stereocenters. The average Bonchev–Trinajstić information content (AvgIpc) is 2.42. The lowest BCUT2D eigenvalue weighted by atomic mass is 9.82. The van der Waals surface area contributed by atoms with Crippen molar-refractivity contribution >= 4 is 0 Å². The molecule has 0 aromatic heterocycles. The van der Waals surface area contributed by atoms with Crippen LogP contribution in [-0.2, 0) is 0 Å². The van der Waals surface area contributed by atoms with Crippen molar-refractivity contribution in [2.45, 2.75) is 91.0 Å². The van der Waals surface area contributed by atoms with Crippen molar-refractivity contribution < 1.29 is 0 Å². The molecule has 1 aliphatic rings. The molecule has 108 valence electrons. The van der Waals surface area contributed by atoms with Crippen LogP contribution < -0.4 is 5.32 Å². The molecule has 0 amide bonds. The molecule has 1 unspecified atom stereocenters. The first-order chi connectivity index (χ1) is 8.80. The average molecular weight is 253 g/mol. The van der Waals surface area contributed by atoms with Gasteiger partial charge in [-0.3, -0.25) is 0 Å². The van der Waals surface area contributed by atoms with Crippen LogP contribution in [-0.4, -0.2) is 12.6 Å². The van der Waals surface area contributed by atoms with E-state index < -0.39 is 0 Å². The van der Waals surface area contributed by atoms with Gasteiger partial charge in [-0.15, -0.1) is 0 Å². The summed E-state index contributed by atoms with van der Waals surface area (Å²) >= 11 is 0. The second kappa shape index (κ2) is 9.83. The van der Waals surface area contributed by atoms with Gasteiger partial charge in [0.25, 0.3) is 0 Å². The normalized spacial score (nSPS) is 19.3. The summed E-state index contributed by atoms with van der Waals surface area (Å²) < 4.78 is 0. The van der Waals surface area contributed by atoms with E-state index in [9.17, 15) is 0 Å². The van der Waals surface area contributed by atoms with Gasteiger partial charge in [0.2, 0.25) is 0 Å². The molecule has 1 aliphatic carbocycles. The summed E-state index contributed by atoms with van der Waals surface area (Å²) in [6.07, 6.45) is 14.3. The zero-order valence-electron chi connectivity index (χ0n) is 13.0. The van der Waals surface area contributed by atoms with Gasteiger partial charge in [0.1, 0.15) is 0 Å². The van der Waals surface area contributed by atoms with E-state index in [0.29, 0.717) is 0 Å². The van der Waals surface area contributed by atoms with Gasteiger partial charge in [0.15, 0.2) is 0 Å². The number of rotatable bonds is 9. The van der Waals surface area contributed by atoms with E-state index in [-0.39, 0.29) is 0 Å². The molecule has 1 rings (SSSR count). The van der Waals surface area contributed by atoms with Crippen LogP contribution in [0.1, 0.15) is 85.0 Å². The fourth-order valence-electron chi connectivity index (χ4n) is 3.46. The van der Waals surface area contributed by atoms with Crippen molar-refractivity contribution in [3.63, 3.8) is 0 Å². The molecule has 0 aromatic carbocycles. The Labute approximate surface area is 115 Å². The van der Waals surface area contributed by atoms with Gasteiger partial charge in [-0.25, -0.2) is 0 Å². The van der Waals surface area contributed by atoms with Crippen molar-refractivity contribution in [1.29, 1.82) is 0 Å². The minimum atomic E-state index is 0.790. The van der Waals surface area contributed by atoms with E-state index in [1.54, 1.807) is 0 Å². The molecule has 0 aromatic rings. The highest BCUT2D eigenvalue weighted by Crippen LogP contribution is 2.29. The molecule has 1 saturated carbocycles. The fraction of sp³-hybridized carbons (Fsp3) is 1.00. The summed E-state index contributed by atoms with van der Waals surface area (Å²) in [5.41, 5.74) is 0. The SMILES string of the molecule is CCCNC(CC(CC)CC)CC1CCCCC1. The van der Waals surface area contributed by atoms with E-state index in [0.717, 1.165) is 17.9 Å². The van der Waals surface area contributed by atoms with Gasteiger partial charge >= 0.3 is 0 Å². The predicted molar refractivity (Wildman–Crippen MR) is 82.0 cm³/mol. The van der Waals surface area contributed by atoms with Gasteiger partial charge in [0, 0.05) is 6.04 Å². The summed E-state index contributed by atoms with van der Waals surface area (Å²) in [7, 11) is 0. The van der Waals surface area contributed by atoms with Crippen molar-refractivity contribution in [1.82, 2.24) is 5.32 Å². The maximum Gasteiger partial charge on any atom is 0.00723 e. The van der Waals surface area contributed by atoms with Crippen LogP contribution >= 0.6 is 0 Å². The van der Waals surface area contributed by atoms with E-state index in [1.165, 1.54) is 70.8 Å². The zero-order valence-corrected chi connectivity index (χ0v) is 13.0. The standard InChI is InChI=1S/C17H35N/c1-4-12-18-17(13-15(5-2)6-3)14-16-10-8-7-9-11-16/h15-18H,4-14H2,1-3H3. The molecular weight excluding hydrogens is 218 g/mol. The molecular formula is C17H35N. The lowest BCUT2D eigenvalue weighted by molar-refractivity contribution is 0.266. The van der Waals surface area contributed by atoms with Crippen LogP contribution in [0.2, 0.25) is 0 Å². The Morgan fingerprint density at radius 1 is 1.00 bits per heavy atom. The Balaban J connectivity index is 2.37. The maximum atomic E-state index is 3.82. The molecule has 1 heteroatoms. The van der Waals surface area contributed by atoms with Gasteiger partial charge < -0.3 is 5.32 Å². The van der Waals surface area contributed by atoms with Crippen molar-refractivity contribution in [2.75, 3.05) is 6.54 Å². The highest BCUT2D eigenvalue weighted by Gasteiger charge is 2.20. The van der Waals surface area contributed by atoms with Crippen LogP contribution in [0.3, 0.4) is 0 Å². The Morgan fingerprint density at radius 2 is 1.67 bits per heavy atom. The van der Waals surface area contributed by atoms with Crippen LogP contribution in [0.5, 0.6) is 0 Å². The quantitative estimate of drug-likeness (QED) is 0.599. The minimum Gasteiger partial charge on any atom is -0.314 e. The molecule has 0 aliphatic heterocycles. The molecule has 1 nitrogen and oxygen atoms in total. The lowest BCUT2D eigenvalue weighted by Gasteiger charge is -2.29. The fourth-order valence-corrected chi connectivity index (χ4v) is 3.46. The number of hydrogen-bond donors (Lipinski definition) is 1. The predicted octanol–water partition coefficient (Wildman–Crippen LogP) is 5.15. The van der Waals surface area contributed by atoms with Crippen LogP contribution in [0.15, 0.2) is 0 Å². The molecule has 1 fully saturated rings. The highest BCUT2D eigenvalue weighted by atomic mass is 14.9. The van der Waals surface area contributed by atoms with Crippen LogP contribution in [0, 0.1) is 11.8 Å². The summed E-state index contributed by atoms with van der Waals surface area (Å²) in [6, 6.07) is 0.790. The Kier molecular flexibility index (Phi) is 8.75. The first-order valence-electron chi connectivity index (χ1n) is 8.53. The largest absolute Gasteiger partial charge is 0.314 e. The lowest BCUT2D eigenvalue weighted by Crippen LogP contribution is -2.34. The third-order valence-electron chi connectivity index (χ3n) is 4.80. The molecule has 0 heterocycles. The minimum absolute atomic E-state index is 0.790. The molecule has 0 bridgehead atoms. The Hall–Kier alpha value is -0.0400. The third kappa shape index (κ3) is 6.22. The second-order valence-electron chi connectivity index (χ2n) is 6.31. The Bertz CT molecular complexity index is 180. The maximum absolute atomic E-state index is 3.82. The topological polar surface area (TPSA) is 12.0 Å². The van der Waals surface area contributed by atoms with Gasteiger partial charge in [-0.1, -0.05) is 65.7 Å². The molecule has 18 heavy (non-hydrogen) atoms. The number of hydrogen-bond acceptors (Lipinski definition) is 1. The molecule has 0 spiro atoms. The highest BCUT2D eigenvalue weighted by molar-refractivity contribution is 4.77. The van der Waals surface area contributed by atoms with E-state index >= 15 is 0 Å². The molecule has 0 radical (unpaired) electrons. The number of nitrogens with one attached hydrogen (secondary N) is 1. The smallest absolute Gasteiger partial charge is 0.00723 e. The van der Waals surface area contributed by atoms with E-state index in [4.69, 9.17) is 0 Å².